The summed E-state index contributed by atoms with van der Waals surface area (Å²) in [4.78, 5) is 0. The molecule has 0 N–H and O–H groups in total. The van der Waals surface area contributed by atoms with E-state index >= 15 is 0 Å². The van der Waals surface area contributed by atoms with Gasteiger partial charge in [-0.3, -0.25) is 0 Å². The van der Waals surface area contributed by atoms with E-state index < -0.39 is 20.8 Å². The Labute approximate surface area is 220 Å². The van der Waals surface area contributed by atoms with E-state index in [2.05, 4.69) is 39.8 Å². The molecule has 4 heterocycles. The maximum atomic E-state index is 5.06. The average molecular weight is 575 g/mol. The summed E-state index contributed by atoms with van der Waals surface area (Å²) in [5.41, 5.74) is 5.26. The van der Waals surface area contributed by atoms with Crippen LogP contribution in [-0.2, 0) is 43.2 Å². The first kappa shape index (κ1) is 29.4. The second-order valence-corrected chi connectivity index (χ2v) is 13.2. The summed E-state index contributed by atoms with van der Waals surface area (Å²) in [6.07, 6.45) is 9.46. The first-order valence-corrected chi connectivity index (χ1v) is 18.7. The van der Waals surface area contributed by atoms with Crippen LogP contribution >= 0.6 is 17.0 Å². The van der Waals surface area contributed by atoms with Gasteiger partial charge in [-0.05, 0) is 12.8 Å². The van der Waals surface area contributed by atoms with E-state index in [1.165, 1.54) is 48.2 Å². The molecule has 188 valence electrons. The molecule has 5 rings (SSSR count). The van der Waals surface area contributed by atoms with Crippen molar-refractivity contribution in [2.75, 3.05) is 13.2 Å². The first-order valence-electron chi connectivity index (χ1n) is 12.4. The summed E-state index contributed by atoms with van der Waals surface area (Å²) in [6.45, 7) is 14.7. The van der Waals surface area contributed by atoms with Gasteiger partial charge >= 0.3 is 37.9 Å². The Balaban J connectivity index is 0.000000240. The Morgan fingerprint density at radius 1 is 0.818 bits per heavy atom. The molecular weight excluding hydrogens is 534 g/mol. The molecule has 7 heteroatoms. The zero-order chi connectivity index (χ0) is 24.1. The number of hydrogen-bond acceptors (Lipinski definition) is 2. The molecule has 1 aromatic rings. The van der Waals surface area contributed by atoms with E-state index in [1.54, 1.807) is 0 Å². The van der Waals surface area contributed by atoms with Crippen LogP contribution in [0.2, 0.25) is 0 Å². The van der Waals surface area contributed by atoms with Gasteiger partial charge in [0.05, 0.1) is 0 Å². The summed E-state index contributed by atoms with van der Waals surface area (Å²) in [5, 5.41) is 10.1. The fraction of sp³-hybridized carbons (Fsp3) is 0.692. The van der Waals surface area contributed by atoms with E-state index in [1.807, 2.05) is 13.2 Å². The normalized spacial score (nSPS) is 22.8. The first-order chi connectivity index (χ1) is 16.0. The van der Waals surface area contributed by atoms with Gasteiger partial charge < -0.3 is 20.1 Å². The standard InChI is InChI=1S/C18H26N2.2C4H7O.2ClH.Zr/c1-11(2)15-9-7-13-5-6-14-8-10-16(12(3)4)20-18(14)17(13)19-15;2*1-2-4-5-3-1;;;/h5-6,11-12,15-16H,7-10H2,1-4H3;2*3H,1-2,4H2;2*1H;/q-2;2*-1;;;+2/p-2. The van der Waals surface area contributed by atoms with Crippen LogP contribution in [0.3, 0.4) is 0 Å². The minimum absolute atomic E-state index is 0.476. The van der Waals surface area contributed by atoms with E-state index in [0.717, 1.165) is 38.9 Å². The third-order valence-corrected chi connectivity index (χ3v) is 6.27. The molecule has 1 aromatic carbocycles. The molecule has 2 unspecified atom stereocenters. The third kappa shape index (κ3) is 10.4. The van der Waals surface area contributed by atoms with Crippen LogP contribution in [0.1, 0.15) is 77.3 Å². The van der Waals surface area contributed by atoms with E-state index in [0.29, 0.717) is 23.9 Å². The van der Waals surface area contributed by atoms with Crippen LogP contribution in [0.4, 0.5) is 11.4 Å². The van der Waals surface area contributed by atoms with Gasteiger partial charge in [-0.25, -0.2) is 13.2 Å². The molecule has 0 amide bonds. The number of ether oxygens (including phenoxy) is 2. The van der Waals surface area contributed by atoms with Crippen molar-refractivity contribution in [2.45, 2.75) is 91.1 Å². The predicted octanol–water partition coefficient (Wildman–Crippen LogP) is 8.93. The van der Waals surface area contributed by atoms with Crippen molar-refractivity contribution in [1.82, 2.24) is 0 Å². The fourth-order valence-electron chi connectivity index (χ4n) is 4.22. The van der Waals surface area contributed by atoms with Gasteiger partial charge in [0.15, 0.2) is 0 Å². The van der Waals surface area contributed by atoms with Gasteiger partial charge in [0.25, 0.3) is 0 Å². The Morgan fingerprint density at radius 2 is 1.21 bits per heavy atom. The van der Waals surface area contributed by atoms with E-state index in [-0.39, 0.29) is 0 Å². The van der Waals surface area contributed by atoms with Crippen LogP contribution < -0.4 is 0 Å². The van der Waals surface area contributed by atoms with Crippen LogP contribution in [-0.4, -0.2) is 25.3 Å². The second kappa shape index (κ2) is 16.8. The number of aryl methyl sites for hydroxylation is 2. The molecule has 4 aliphatic rings. The van der Waals surface area contributed by atoms with Gasteiger partial charge in [0.2, 0.25) is 0 Å². The summed E-state index contributed by atoms with van der Waals surface area (Å²) in [5.74, 6) is 1.26. The zero-order valence-electron chi connectivity index (χ0n) is 20.7. The van der Waals surface area contributed by atoms with Gasteiger partial charge in [0, 0.05) is 13.2 Å². The summed E-state index contributed by atoms with van der Waals surface area (Å²) >= 11 is -0.826. The number of rotatable bonds is 2. The van der Waals surface area contributed by atoms with Gasteiger partial charge in [0.1, 0.15) is 0 Å². The molecule has 2 atom stereocenters. The molecule has 33 heavy (non-hydrogen) atoms. The fourth-order valence-corrected chi connectivity index (χ4v) is 4.22. The minimum atomic E-state index is -0.826. The van der Waals surface area contributed by atoms with Gasteiger partial charge in [-0.1, -0.05) is 88.5 Å². The molecule has 0 aliphatic carbocycles. The van der Waals surface area contributed by atoms with E-state index in [9.17, 15) is 0 Å². The number of fused-ring (bicyclic) bond motifs is 3. The molecule has 0 radical (unpaired) electrons. The van der Waals surface area contributed by atoms with Crippen LogP contribution in [0.15, 0.2) is 12.1 Å². The average Bonchev–Trinajstić information content (AvgIpc) is 3.58. The predicted molar refractivity (Wildman–Crippen MR) is 137 cm³/mol. The molecule has 2 fully saturated rings. The van der Waals surface area contributed by atoms with Gasteiger partial charge in [-0.15, -0.1) is 12.1 Å². The van der Waals surface area contributed by atoms with Crippen molar-refractivity contribution < 1.29 is 30.3 Å². The van der Waals surface area contributed by atoms with Crippen molar-refractivity contribution >= 4 is 28.4 Å². The molecule has 0 spiro atoms. The molecule has 0 aromatic heterocycles. The van der Waals surface area contributed by atoms with Crippen molar-refractivity contribution in [1.29, 1.82) is 0 Å². The number of halogens is 2. The van der Waals surface area contributed by atoms with Crippen molar-refractivity contribution in [3.63, 3.8) is 0 Å². The van der Waals surface area contributed by atoms with E-state index in [4.69, 9.17) is 37.1 Å². The monoisotopic (exact) mass is 572 g/mol. The molecule has 0 bridgehead atoms. The molecule has 4 nitrogen and oxygen atoms in total. The summed E-state index contributed by atoms with van der Waals surface area (Å²) in [7, 11) is 9.87. The number of benzene rings is 1. The Hall–Kier alpha value is 0.203. The zero-order valence-corrected chi connectivity index (χ0v) is 24.6. The Kier molecular flexibility index (Phi) is 15.0. The van der Waals surface area contributed by atoms with Crippen molar-refractivity contribution in [3.05, 3.63) is 47.1 Å². The molecule has 4 aliphatic heterocycles. The van der Waals surface area contributed by atoms with Crippen LogP contribution in [0, 0.1) is 25.0 Å². The molecule has 0 saturated carbocycles. The summed E-state index contributed by atoms with van der Waals surface area (Å²) in [6, 6.07) is 5.53. The third-order valence-electron chi connectivity index (χ3n) is 6.27. The Bertz CT molecular complexity index is 598. The topological polar surface area (TPSA) is 46.7 Å². The maximum absolute atomic E-state index is 5.06. The molecular formula is C26H40Cl2N2O2Zr-4. The van der Waals surface area contributed by atoms with Crippen LogP contribution in [0.25, 0.3) is 10.6 Å². The Morgan fingerprint density at radius 3 is 1.45 bits per heavy atom. The number of hydrogen-bond donors (Lipinski definition) is 0. The number of nitrogens with zero attached hydrogens (tertiary/aromatic N) is 2. The van der Waals surface area contributed by atoms with Crippen molar-refractivity contribution in [3.8, 4) is 0 Å². The van der Waals surface area contributed by atoms with Gasteiger partial charge in [-0.2, -0.15) is 24.2 Å². The van der Waals surface area contributed by atoms with Crippen molar-refractivity contribution in [2.24, 2.45) is 11.8 Å². The van der Waals surface area contributed by atoms with Crippen LogP contribution in [0.5, 0.6) is 0 Å². The summed E-state index contributed by atoms with van der Waals surface area (Å²) < 4.78 is 9.64. The molecule has 2 saturated heterocycles. The SMILES string of the molecule is CC(C)C1CCc2ccc3c(c2[N-]1)[N-]C(C(C)C)CC3.[CH-]1CCCO1.[CH-]1CCCO1.[Cl][Zr][Cl]. The second-order valence-electron chi connectivity index (χ2n) is 9.47. The quantitative estimate of drug-likeness (QED) is 0.331.